The molecule has 0 fully saturated rings. The van der Waals surface area contributed by atoms with E-state index in [-0.39, 0.29) is 10.8 Å². The Morgan fingerprint density at radius 1 is 1.47 bits per heavy atom. The van der Waals surface area contributed by atoms with Crippen LogP contribution in [0.2, 0.25) is 5.02 Å². The highest BCUT2D eigenvalue weighted by molar-refractivity contribution is 6.32. The van der Waals surface area contributed by atoms with E-state index >= 15 is 0 Å². The van der Waals surface area contributed by atoms with Crippen LogP contribution < -0.4 is 16.2 Å². The standard InChI is InChI=1S/C10H9ClN4O2/c1-17-8-3-2-6(4-13-8)15-5-7(11)9(12)14-10(15)16/h2-5H,1H3,(H2,12,14,16). The maximum absolute atomic E-state index is 11.6. The van der Waals surface area contributed by atoms with E-state index < -0.39 is 5.69 Å². The average molecular weight is 253 g/mol. The fourth-order valence-electron chi connectivity index (χ4n) is 1.27. The lowest BCUT2D eigenvalue weighted by atomic mass is 10.4. The van der Waals surface area contributed by atoms with E-state index in [0.717, 1.165) is 0 Å². The second kappa shape index (κ2) is 4.42. The van der Waals surface area contributed by atoms with Gasteiger partial charge in [0.2, 0.25) is 5.88 Å². The highest BCUT2D eigenvalue weighted by Gasteiger charge is 2.06. The van der Waals surface area contributed by atoms with Crippen LogP contribution >= 0.6 is 11.6 Å². The topological polar surface area (TPSA) is 83.0 Å². The summed E-state index contributed by atoms with van der Waals surface area (Å²) in [7, 11) is 1.51. The van der Waals surface area contributed by atoms with Gasteiger partial charge in [0.05, 0.1) is 24.0 Å². The number of ether oxygens (including phenoxy) is 1. The Balaban J connectivity index is 2.52. The van der Waals surface area contributed by atoms with Crippen molar-refractivity contribution in [3.05, 3.63) is 40.0 Å². The Labute approximate surface area is 102 Å². The van der Waals surface area contributed by atoms with E-state index in [2.05, 4.69) is 9.97 Å². The van der Waals surface area contributed by atoms with Crippen molar-refractivity contribution < 1.29 is 4.74 Å². The van der Waals surface area contributed by atoms with Crippen LogP contribution in [0.5, 0.6) is 5.88 Å². The van der Waals surface area contributed by atoms with Crippen LogP contribution in [0.25, 0.3) is 5.69 Å². The molecule has 0 aliphatic rings. The number of methoxy groups -OCH3 is 1. The maximum Gasteiger partial charge on any atom is 0.354 e. The normalized spacial score (nSPS) is 10.2. The number of nitrogens with two attached hydrogens (primary N) is 1. The number of pyridine rings is 1. The summed E-state index contributed by atoms with van der Waals surface area (Å²) in [4.78, 5) is 19.2. The summed E-state index contributed by atoms with van der Waals surface area (Å²) < 4.78 is 6.17. The summed E-state index contributed by atoms with van der Waals surface area (Å²) in [5, 5.41) is 0.209. The van der Waals surface area contributed by atoms with Gasteiger partial charge in [0.25, 0.3) is 0 Å². The molecular weight excluding hydrogens is 244 g/mol. The molecule has 0 unspecified atom stereocenters. The van der Waals surface area contributed by atoms with Gasteiger partial charge in [0.1, 0.15) is 5.82 Å². The number of nitrogens with zero attached hydrogens (tertiary/aromatic N) is 3. The molecule has 0 aliphatic heterocycles. The van der Waals surface area contributed by atoms with Gasteiger partial charge in [0.15, 0.2) is 0 Å². The smallest absolute Gasteiger partial charge is 0.354 e. The zero-order chi connectivity index (χ0) is 12.4. The molecule has 0 amide bonds. The molecule has 0 bridgehead atoms. The number of rotatable bonds is 2. The van der Waals surface area contributed by atoms with Gasteiger partial charge < -0.3 is 10.5 Å². The molecule has 0 saturated heterocycles. The summed E-state index contributed by atoms with van der Waals surface area (Å²) >= 11 is 5.80. The van der Waals surface area contributed by atoms with Crippen LogP contribution in [0.3, 0.4) is 0 Å². The Hall–Kier alpha value is -2.08. The SMILES string of the molecule is COc1ccc(-n2cc(Cl)c(N)nc2=O)cn1. The van der Waals surface area contributed by atoms with Crippen LogP contribution in [0.15, 0.2) is 29.3 Å². The molecule has 0 aliphatic carbocycles. The number of nitrogen functional groups attached to an aromatic ring is 1. The largest absolute Gasteiger partial charge is 0.481 e. The van der Waals surface area contributed by atoms with Crippen molar-refractivity contribution in [2.45, 2.75) is 0 Å². The van der Waals surface area contributed by atoms with Gasteiger partial charge in [-0.05, 0) is 6.07 Å². The fraction of sp³-hybridized carbons (Fsp3) is 0.100. The van der Waals surface area contributed by atoms with Gasteiger partial charge in [0, 0.05) is 12.3 Å². The molecule has 2 heterocycles. The van der Waals surface area contributed by atoms with Crippen molar-refractivity contribution in [3.63, 3.8) is 0 Å². The molecule has 0 saturated carbocycles. The van der Waals surface area contributed by atoms with Gasteiger partial charge in [-0.25, -0.2) is 9.78 Å². The number of aromatic nitrogens is 3. The first-order valence-electron chi connectivity index (χ1n) is 4.67. The summed E-state index contributed by atoms with van der Waals surface area (Å²) in [6.07, 6.45) is 2.88. The van der Waals surface area contributed by atoms with E-state index in [1.807, 2.05) is 0 Å². The molecule has 2 N–H and O–H groups in total. The second-order valence-corrected chi connectivity index (χ2v) is 3.59. The number of hydrogen-bond donors (Lipinski definition) is 1. The Morgan fingerprint density at radius 2 is 2.24 bits per heavy atom. The van der Waals surface area contributed by atoms with Crippen LogP contribution in [-0.4, -0.2) is 21.6 Å². The molecule has 7 heteroatoms. The van der Waals surface area contributed by atoms with Gasteiger partial charge >= 0.3 is 5.69 Å². The molecule has 6 nitrogen and oxygen atoms in total. The minimum absolute atomic E-state index is 0.00869. The zero-order valence-electron chi connectivity index (χ0n) is 8.92. The van der Waals surface area contributed by atoms with Gasteiger partial charge in [-0.2, -0.15) is 4.98 Å². The molecule has 0 atom stereocenters. The molecule has 2 aromatic heterocycles. The summed E-state index contributed by atoms with van der Waals surface area (Å²) in [5.74, 6) is 0.464. The molecule has 88 valence electrons. The molecule has 0 radical (unpaired) electrons. The Morgan fingerprint density at radius 3 is 2.82 bits per heavy atom. The van der Waals surface area contributed by atoms with E-state index in [9.17, 15) is 4.79 Å². The number of anilines is 1. The summed E-state index contributed by atoms with van der Waals surface area (Å²) in [6.45, 7) is 0. The first-order valence-corrected chi connectivity index (χ1v) is 5.04. The zero-order valence-corrected chi connectivity index (χ0v) is 9.68. The van der Waals surface area contributed by atoms with Crippen LogP contribution in [0.4, 0.5) is 5.82 Å². The predicted octanol–water partition coefficient (Wildman–Crippen LogP) is 0.872. The minimum atomic E-state index is -0.515. The van der Waals surface area contributed by atoms with Gasteiger partial charge in [-0.1, -0.05) is 11.6 Å². The molecule has 17 heavy (non-hydrogen) atoms. The molecule has 2 rings (SSSR count). The fourth-order valence-corrected chi connectivity index (χ4v) is 1.41. The van der Waals surface area contributed by atoms with Crippen LogP contribution in [0, 0.1) is 0 Å². The van der Waals surface area contributed by atoms with Gasteiger partial charge in [-0.3, -0.25) is 4.57 Å². The van der Waals surface area contributed by atoms with Crippen molar-refractivity contribution in [1.29, 1.82) is 0 Å². The van der Waals surface area contributed by atoms with Crippen LogP contribution in [-0.2, 0) is 0 Å². The quantitative estimate of drug-likeness (QED) is 0.858. The first kappa shape index (κ1) is 11.4. The number of hydrogen-bond acceptors (Lipinski definition) is 5. The highest BCUT2D eigenvalue weighted by atomic mass is 35.5. The highest BCUT2D eigenvalue weighted by Crippen LogP contribution is 2.15. The monoisotopic (exact) mass is 252 g/mol. The lowest BCUT2D eigenvalue weighted by Gasteiger charge is -2.06. The Kier molecular flexibility index (Phi) is 2.97. The van der Waals surface area contributed by atoms with Crippen molar-refractivity contribution in [1.82, 2.24) is 14.5 Å². The third-order valence-electron chi connectivity index (χ3n) is 2.12. The molecule has 0 aromatic carbocycles. The first-order chi connectivity index (χ1) is 8.11. The van der Waals surface area contributed by atoms with Crippen molar-refractivity contribution in [3.8, 4) is 11.6 Å². The summed E-state index contributed by atoms with van der Waals surface area (Å²) in [5.41, 5.74) is 5.44. The third-order valence-corrected chi connectivity index (χ3v) is 2.41. The number of halogens is 1. The van der Waals surface area contributed by atoms with Crippen molar-refractivity contribution in [2.24, 2.45) is 0 Å². The molecule has 2 aromatic rings. The van der Waals surface area contributed by atoms with E-state index in [1.54, 1.807) is 12.1 Å². The summed E-state index contributed by atoms with van der Waals surface area (Å²) in [6, 6.07) is 3.30. The van der Waals surface area contributed by atoms with E-state index in [4.69, 9.17) is 22.1 Å². The van der Waals surface area contributed by atoms with E-state index in [1.165, 1.54) is 24.1 Å². The lowest BCUT2D eigenvalue weighted by molar-refractivity contribution is 0.398. The van der Waals surface area contributed by atoms with Crippen molar-refractivity contribution >= 4 is 17.4 Å². The van der Waals surface area contributed by atoms with Crippen LogP contribution in [0.1, 0.15) is 0 Å². The maximum atomic E-state index is 11.6. The average Bonchev–Trinajstić information content (AvgIpc) is 2.34. The van der Waals surface area contributed by atoms with E-state index in [0.29, 0.717) is 11.6 Å². The third kappa shape index (κ3) is 2.21. The van der Waals surface area contributed by atoms with Crippen molar-refractivity contribution in [2.75, 3.05) is 12.8 Å². The lowest BCUT2D eigenvalue weighted by Crippen LogP contribution is -2.22. The predicted molar refractivity (Wildman–Crippen MR) is 63.6 cm³/mol. The second-order valence-electron chi connectivity index (χ2n) is 3.19. The minimum Gasteiger partial charge on any atom is -0.481 e. The Bertz CT molecular complexity index is 594. The molecule has 0 spiro atoms. The van der Waals surface area contributed by atoms with Gasteiger partial charge in [-0.15, -0.1) is 0 Å². The molecular formula is C10H9ClN4O2.